The highest BCUT2D eigenvalue weighted by Crippen LogP contribution is 2.09. The molecule has 5 nitrogen and oxygen atoms in total. The van der Waals surface area contributed by atoms with Crippen molar-refractivity contribution in [3.05, 3.63) is 35.1 Å². The number of benzene rings is 1. The number of nitrogens with two attached hydrogens (primary N) is 1. The summed E-state index contributed by atoms with van der Waals surface area (Å²) in [6.45, 7) is 5.76. The summed E-state index contributed by atoms with van der Waals surface area (Å²) < 4.78 is 13.4. The summed E-state index contributed by atoms with van der Waals surface area (Å²) in [7, 11) is 0. The molecule has 1 unspecified atom stereocenters. The van der Waals surface area contributed by atoms with Gasteiger partial charge in [0.1, 0.15) is 11.9 Å². The van der Waals surface area contributed by atoms with Crippen molar-refractivity contribution in [1.29, 1.82) is 0 Å². The van der Waals surface area contributed by atoms with Gasteiger partial charge in [-0.3, -0.25) is 4.79 Å². The molecule has 0 spiro atoms. The first-order chi connectivity index (χ1) is 9.79. The van der Waals surface area contributed by atoms with Gasteiger partial charge in [0.05, 0.1) is 0 Å². The van der Waals surface area contributed by atoms with Gasteiger partial charge < -0.3 is 16.4 Å². The van der Waals surface area contributed by atoms with E-state index in [2.05, 4.69) is 10.6 Å². The number of hydrogen-bond donors (Lipinski definition) is 3. The first-order valence-electron chi connectivity index (χ1n) is 6.88. The molecule has 0 radical (unpaired) electrons. The topological polar surface area (TPSA) is 84.2 Å². The third-order valence-electron chi connectivity index (χ3n) is 3.04. The maximum atomic E-state index is 13.4. The summed E-state index contributed by atoms with van der Waals surface area (Å²) in [6, 6.07) is 3.37. The van der Waals surface area contributed by atoms with E-state index in [0.29, 0.717) is 17.5 Å². The van der Waals surface area contributed by atoms with Gasteiger partial charge >= 0.3 is 6.03 Å². The number of nitrogens with one attached hydrogen (secondary N) is 2. The van der Waals surface area contributed by atoms with E-state index in [0.717, 1.165) is 0 Å². The molecule has 0 bridgehead atoms. The minimum atomic E-state index is -0.739. The number of amides is 3. The van der Waals surface area contributed by atoms with Crippen LogP contribution in [0.3, 0.4) is 0 Å². The van der Waals surface area contributed by atoms with Crippen LogP contribution in [0.25, 0.3) is 0 Å². The van der Waals surface area contributed by atoms with E-state index in [1.54, 1.807) is 19.1 Å². The van der Waals surface area contributed by atoms with Crippen LogP contribution >= 0.6 is 0 Å². The van der Waals surface area contributed by atoms with E-state index in [1.807, 2.05) is 13.8 Å². The van der Waals surface area contributed by atoms with Crippen molar-refractivity contribution >= 4 is 11.9 Å². The first-order valence-corrected chi connectivity index (χ1v) is 6.88. The second kappa shape index (κ2) is 7.61. The molecule has 1 aromatic rings. The van der Waals surface area contributed by atoms with Gasteiger partial charge in [-0.25, -0.2) is 9.18 Å². The smallest absolute Gasteiger partial charge is 0.312 e. The Bertz CT molecular complexity index is 518. The fraction of sp³-hybridized carbons (Fsp3) is 0.467. The quantitative estimate of drug-likeness (QED) is 0.748. The monoisotopic (exact) mass is 295 g/mol. The maximum absolute atomic E-state index is 13.4. The third-order valence-corrected chi connectivity index (χ3v) is 3.04. The van der Waals surface area contributed by atoms with Crippen LogP contribution in [0.4, 0.5) is 9.18 Å². The molecule has 116 valence electrons. The number of halogens is 1. The molecule has 0 fully saturated rings. The summed E-state index contributed by atoms with van der Waals surface area (Å²) in [4.78, 5) is 23.0. The van der Waals surface area contributed by atoms with E-state index in [4.69, 9.17) is 5.73 Å². The van der Waals surface area contributed by atoms with Gasteiger partial charge in [0.2, 0.25) is 5.91 Å². The minimum absolute atomic E-state index is 0.199. The molecular formula is C15H22FN3O2. The molecule has 3 amide bonds. The van der Waals surface area contributed by atoms with Crippen molar-refractivity contribution in [2.75, 3.05) is 0 Å². The zero-order valence-electron chi connectivity index (χ0n) is 12.6. The van der Waals surface area contributed by atoms with Crippen LogP contribution in [0.2, 0.25) is 0 Å². The molecule has 0 heterocycles. The molecule has 0 saturated heterocycles. The van der Waals surface area contributed by atoms with Gasteiger partial charge in [-0.15, -0.1) is 0 Å². The molecule has 0 aliphatic carbocycles. The van der Waals surface area contributed by atoms with Crippen LogP contribution in [0.5, 0.6) is 0 Å². The number of aryl methyl sites for hydroxylation is 1. The summed E-state index contributed by atoms with van der Waals surface area (Å²) in [5, 5.41) is 5.10. The second-order valence-electron chi connectivity index (χ2n) is 5.49. The molecule has 6 heteroatoms. The zero-order valence-corrected chi connectivity index (χ0v) is 12.6. The molecule has 0 saturated carbocycles. The lowest BCUT2D eigenvalue weighted by Gasteiger charge is -2.19. The SMILES string of the molecule is Cc1ccc(CNC(=O)C(CC(C)C)NC(N)=O)cc1F. The van der Waals surface area contributed by atoms with Gasteiger partial charge in [-0.1, -0.05) is 26.0 Å². The standard InChI is InChI=1S/C15H22FN3O2/c1-9(2)6-13(19-15(17)21)14(20)18-8-11-5-4-10(3)12(16)7-11/h4-5,7,9,13H,6,8H2,1-3H3,(H,18,20)(H3,17,19,21). The summed E-state index contributed by atoms with van der Waals surface area (Å²) in [5.41, 5.74) is 6.29. The Kier molecular flexibility index (Phi) is 6.14. The highest BCUT2D eigenvalue weighted by atomic mass is 19.1. The Morgan fingerprint density at radius 2 is 2.00 bits per heavy atom. The molecule has 21 heavy (non-hydrogen) atoms. The van der Waals surface area contributed by atoms with Crippen LogP contribution in [0, 0.1) is 18.7 Å². The largest absolute Gasteiger partial charge is 0.352 e. The zero-order chi connectivity index (χ0) is 16.0. The van der Waals surface area contributed by atoms with Gasteiger partial charge in [-0.2, -0.15) is 0 Å². The number of urea groups is 1. The lowest BCUT2D eigenvalue weighted by Crippen LogP contribution is -2.49. The van der Waals surface area contributed by atoms with Gasteiger partial charge in [0.25, 0.3) is 0 Å². The van der Waals surface area contributed by atoms with Crippen molar-refractivity contribution in [3.8, 4) is 0 Å². The lowest BCUT2D eigenvalue weighted by molar-refractivity contribution is -0.123. The summed E-state index contributed by atoms with van der Waals surface area (Å²) in [6.07, 6.45) is 0.483. The average molecular weight is 295 g/mol. The molecule has 0 aliphatic rings. The Morgan fingerprint density at radius 3 is 2.52 bits per heavy atom. The minimum Gasteiger partial charge on any atom is -0.352 e. The Labute approximate surface area is 124 Å². The van der Waals surface area contributed by atoms with Crippen LogP contribution < -0.4 is 16.4 Å². The Morgan fingerprint density at radius 1 is 1.33 bits per heavy atom. The molecule has 0 aliphatic heterocycles. The van der Waals surface area contributed by atoms with E-state index < -0.39 is 12.1 Å². The fourth-order valence-electron chi connectivity index (χ4n) is 1.93. The highest BCUT2D eigenvalue weighted by Gasteiger charge is 2.20. The summed E-state index contributed by atoms with van der Waals surface area (Å²) >= 11 is 0. The van der Waals surface area contributed by atoms with E-state index in [1.165, 1.54) is 6.07 Å². The number of carbonyl (C=O) groups is 2. The first kappa shape index (κ1) is 16.9. The number of rotatable bonds is 6. The highest BCUT2D eigenvalue weighted by molar-refractivity contribution is 5.86. The number of primary amides is 1. The molecule has 1 aromatic carbocycles. The predicted molar refractivity (Wildman–Crippen MR) is 78.9 cm³/mol. The molecular weight excluding hydrogens is 273 g/mol. The van der Waals surface area contributed by atoms with E-state index in [9.17, 15) is 14.0 Å². The second-order valence-corrected chi connectivity index (χ2v) is 5.49. The Balaban J connectivity index is 2.63. The average Bonchev–Trinajstić information content (AvgIpc) is 2.38. The molecule has 4 N–H and O–H groups in total. The van der Waals surface area contributed by atoms with Gasteiger partial charge in [0, 0.05) is 6.54 Å². The van der Waals surface area contributed by atoms with E-state index >= 15 is 0 Å². The lowest BCUT2D eigenvalue weighted by atomic mass is 10.0. The normalized spacial score (nSPS) is 12.0. The predicted octanol–water partition coefficient (Wildman–Crippen LogP) is 1.83. The van der Waals surface area contributed by atoms with Crippen molar-refractivity contribution in [2.45, 2.75) is 39.8 Å². The summed E-state index contributed by atoms with van der Waals surface area (Å²) in [5.74, 6) is -0.413. The van der Waals surface area contributed by atoms with Crippen LogP contribution in [0.1, 0.15) is 31.4 Å². The molecule has 1 atom stereocenters. The Hall–Kier alpha value is -2.11. The van der Waals surface area contributed by atoms with Crippen LogP contribution in [-0.4, -0.2) is 18.0 Å². The van der Waals surface area contributed by atoms with Gasteiger partial charge in [0.15, 0.2) is 0 Å². The van der Waals surface area contributed by atoms with Crippen molar-refractivity contribution in [2.24, 2.45) is 11.7 Å². The maximum Gasteiger partial charge on any atom is 0.312 e. The van der Waals surface area contributed by atoms with Crippen molar-refractivity contribution < 1.29 is 14.0 Å². The molecule has 1 rings (SSSR count). The van der Waals surface area contributed by atoms with Crippen molar-refractivity contribution in [3.63, 3.8) is 0 Å². The number of hydrogen-bond acceptors (Lipinski definition) is 2. The number of carbonyl (C=O) groups excluding carboxylic acids is 2. The molecule has 0 aromatic heterocycles. The van der Waals surface area contributed by atoms with Crippen LogP contribution in [-0.2, 0) is 11.3 Å². The fourth-order valence-corrected chi connectivity index (χ4v) is 1.93. The van der Waals surface area contributed by atoms with Gasteiger partial charge in [-0.05, 0) is 36.5 Å². The van der Waals surface area contributed by atoms with E-state index in [-0.39, 0.29) is 24.2 Å². The third kappa shape index (κ3) is 5.81. The van der Waals surface area contributed by atoms with Crippen LogP contribution in [0.15, 0.2) is 18.2 Å². The van der Waals surface area contributed by atoms with Crippen molar-refractivity contribution in [1.82, 2.24) is 10.6 Å².